The van der Waals surface area contributed by atoms with E-state index in [0.29, 0.717) is 6.04 Å². The SMILES string of the molecule is CC(CNC(=S)NC1CC1)(c1ccccc1)c1ccccc1. The van der Waals surface area contributed by atoms with Gasteiger partial charge >= 0.3 is 0 Å². The summed E-state index contributed by atoms with van der Waals surface area (Å²) < 4.78 is 0. The molecule has 114 valence electrons. The summed E-state index contributed by atoms with van der Waals surface area (Å²) in [6.07, 6.45) is 2.47. The molecule has 1 fully saturated rings. The van der Waals surface area contributed by atoms with Crippen LogP contribution in [0.25, 0.3) is 0 Å². The molecular weight excluding hydrogens is 288 g/mol. The van der Waals surface area contributed by atoms with Crippen LogP contribution in [-0.2, 0) is 5.41 Å². The summed E-state index contributed by atoms with van der Waals surface area (Å²) in [6.45, 7) is 3.05. The van der Waals surface area contributed by atoms with E-state index in [0.717, 1.165) is 11.7 Å². The number of rotatable bonds is 5. The third kappa shape index (κ3) is 3.47. The maximum atomic E-state index is 5.42. The van der Waals surface area contributed by atoms with Crippen LogP contribution >= 0.6 is 12.2 Å². The summed E-state index contributed by atoms with van der Waals surface area (Å²) in [5.41, 5.74) is 2.48. The Balaban J connectivity index is 1.81. The molecule has 0 heterocycles. The van der Waals surface area contributed by atoms with Crippen LogP contribution in [0.5, 0.6) is 0 Å². The van der Waals surface area contributed by atoms with Gasteiger partial charge in [-0.1, -0.05) is 60.7 Å². The highest BCUT2D eigenvalue weighted by molar-refractivity contribution is 7.80. The molecule has 0 saturated heterocycles. The molecular formula is C19H22N2S. The van der Waals surface area contributed by atoms with Crippen molar-refractivity contribution in [1.82, 2.24) is 10.6 Å². The fraction of sp³-hybridized carbons (Fsp3) is 0.316. The average molecular weight is 310 g/mol. The van der Waals surface area contributed by atoms with Gasteiger partial charge in [0.1, 0.15) is 0 Å². The first-order valence-corrected chi connectivity index (χ1v) is 8.25. The normalized spacial score (nSPS) is 14.4. The van der Waals surface area contributed by atoms with Crippen molar-refractivity contribution < 1.29 is 0 Å². The molecule has 1 aliphatic carbocycles. The molecule has 2 aromatic carbocycles. The zero-order valence-corrected chi connectivity index (χ0v) is 13.7. The second-order valence-electron chi connectivity index (χ2n) is 6.17. The lowest BCUT2D eigenvalue weighted by Gasteiger charge is -2.32. The number of hydrogen-bond acceptors (Lipinski definition) is 1. The van der Waals surface area contributed by atoms with Crippen molar-refractivity contribution in [1.29, 1.82) is 0 Å². The average Bonchev–Trinajstić information content (AvgIpc) is 3.38. The first kappa shape index (κ1) is 15.0. The second-order valence-corrected chi connectivity index (χ2v) is 6.57. The molecule has 0 spiro atoms. The lowest BCUT2D eigenvalue weighted by atomic mass is 9.76. The Hall–Kier alpha value is -1.87. The third-order valence-electron chi connectivity index (χ3n) is 4.34. The Kier molecular flexibility index (Phi) is 4.44. The van der Waals surface area contributed by atoms with Gasteiger partial charge in [0.2, 0.25) is 0 Å². The molecule has 3 rings (SSSR count). The summed E-state index contributed by atoms with van der Waals surface area (Å²) in [5, 5.41) is 7.53. The highest BCUT2D eigenvalue weighted by atomic mass is 32.1. The van der Waals surface area contributed by atoms with Gasteiger partial charge in [0.15, 0.2) is 5.11 Å². The predicted octanol–water partition coefficient (Wildman–Crippen LogP) is 3.62. The molecule has 3 heteroatoms. The largest absolute Gasteiger partial charge is 0.362 e. The van der Waals surface area contributed by atoms with Crippen molar-refractivity contribution in [3.8, 4) is 0 Å². The highest BCUT2D eigenvalue weighted by Crippen LogP contribution is 2.31. The van der Waals surface area contributed by atoms with Crippen LogP contribution in [-0.4, -0.2) is 17.7 Å². The zero-order chi connectivity index (χ0) is 15.4. The van der Waals surface area contributed by atoms with E-state index in [1.807, 2.05) is 0 Å². The Morgan fingerprint density at radius 3 is 1.95 bits per heavy atom. The fourth-order valence-corrected chi connectivity index (χ4v) is 2.94. The smallest absolute Gasteiger partial charge is 0.166 e. The van der Waals surface area contributed by atoms with Crippen molar-refractivity contribution in [2.45, 2.75) is 31.2 Å². The number of thiocarbonyl (C=S) groups is 1. The van der Waals surface area contributed by atoms with Crippen LogP contribution in [0.4, 0.5) is 0 Å². The van der Waals surface area contributed by atoms with Gasteiger partial charge in [-0.25, -0.2) is 0 Å². The predicted molar refractivity (Wildman–Crippen MR) is 96.1 cm³/mol. The second kappa shape index (κ2) is 6.49. The van der Waals surface area contributed by atoms with Crippen LogP contribution in [0.3, 0.4) is 0 Å². The van der Waals surface area contributed by atoms with Gasteiger partial charge in [-0.05, 0) is 43.1 Å². The summed E-state index contributed by atoms with van der Waals surface area (Å²) in [6, 6.07) is 21.8. The molecule has 0 atom stereocenters. The molecule has 0 amide bonds. The van der Waals surface area contributed by atoms with E-state index in [-0.39, 0.29) is 5.41 Å². The molecule has 22 heavy (non-hydrogen) atoms. The maximum absolute atomic E-state index is 5.42. The summed E-state index contributed by atoms with van der Waals surface area (Å²) in [5.74, 6) is 0. The quantitative estimate of drug-likeness (QED) is 0.825. The van der Waals surface area contributed by atoms with Crippen molar-refractivity contribution in [2.24, 2.45) is 0 Å². The lowest BCUT2D eigenvalue weighted by Crippen LogP contribution is -2.44. The molecule has 2 nitrogen and oxygen atoms in total. The van der Waals surface area contributed by atoms with Gasteiger partial charge in [0.25, 0.3) is 0 Å². The first-order valence-electron chi connectivity index (χ1n) is 7.84. The van der Waals surface area contributed by atoms with Gasteiger partial charge in [-0.15, -0.1) is 0 Å². The Bertz CT molecular complexity index is 581. The number of hydrogen-bond donors (Lipinski definition) is 2. The molecule has 1 aliphatic rings. The summed E-state index contributed by atoms with van der Waals surface area (Å²) >= 11 is 5.42. The summed E-state index contributed by atoms with van der Waals surface area (Å²) in [7, 11) is 0. The molecule has 0 bridgehead atoms. The van der Waals surface area contributed by atoms with Crippen molar-refractivity contribution in [3.63, 3.8) is 0 Å². The monoisotopic (exact) mass is 310 g/mol. The van der Waals surface area contributed by atoms with Gasteiger partial charge in [-0.3, -0.25) is 0 Å². The maximum Gasteiger partial charge on any atom is 0.166 e. The van der Waals surface area contributed by atoms with Gasteiger partial charge in [0, 0.05) is 18.0 Å². The van der Waals surface area contributed by atoms with Crippen molar-refractivity contribution >= 4 is 17.3 Å². The first-order chi connectivity index (χ1) is 10.7. The minimum atomic E-state index is -0.113. The topological polar surface area (TPSA) is 24.1 Å². The third-order valence-corrected chi connectivity index (χ3v) is 4.60. The van der Waals surface area contributed by atoms with Gasteiger partial charge in [-0.2, -0.15) is 0 Å². The highest BCUT2D eigenvalue weighted by Gasteiger charge is 2.29. The van der Waals surface area contributed by atoms with Crippen molar-refractivity contribution in [2.75, 3.05) is 6.54 Å². The molecule has 0 radical (unpaired) electrons. The van der Waals surface area contributed by atoms with E-state index in [1.165, 1.54) is 24.0 Å². The zero-order valence-electron chi connectivity index (χ0n) is 12.9. The number of benzene rings is 2. The Morgan fingerprint density at radius 1 is 1.00 bits per heavy atom. The van der Waals surface area contributed by atoms with Crippen molar-refractivity contribution in [3.05, 3.63) is 71.8 Å². The summed E-state index contributed by atoms with van der Waals surface area (Å²) in [4.78, 5) is 0. The van der Waals surface area contributed by atoms with Gasteiger partial charge in [0.05, 0.1) is 0 Å². The van der Waals surface area contributed by atoms with Crippen LogP contribution in [0.15, 0.2) is 60.7 Å². The Morgan fingerprint density at radius 2 is 1.50 bits per heavy atom. The minimum absolute atomic E-state index is 0.113. The van der Waals surface area contributed by atoms with E-state index < -0.39 is 0 Å². The van der Waals surface area contributed by atoms with Gasteiger partial charge < -0.3 is 10.6 Å². The van der Waals surface area contributed by atoms with Crippen LogP contribution < -0.4 is 10.6 Å². The van der Waals surface area contributed by atoms with Crippen LogP contribution in [0.2, 0.25) is 0 Å². The standard InChI is InChI=1S/C19H22N2S/c1-19(15-8-4-2-5-9-15,16-10-6-3-7-11-16)14-20-18(22)21-17-12-13-17/h2-11,17H,12-14H2,1H3,(H2,20,21,22). The molecule has 1 saturated carbocycles. The van der Waals surface area contributed by atoms with E-state index in [2.05, 4.69) is 78.2 Å². The van der Waals surface area contributed by atoms with E-state index in [1.54, 1.807) is 0 Å². The van der Waals surface area contributed by atoms with E-state index in [4.69, 9.17) is 12.2 Å². The molecule has 2 aromatic rings. The van der Waals surface area contributed by atoms with Crippen LogP contribution in [0.1, 0.15) is 30.9 Å². The molecule has 0 unspecified atom stereocenters. The molecule has 2 N–H and O–H groups in total. The fourth-order valence-electron chi connectivity index (χ4n) is 2.70. The van der Waals surface area contributed by atoms with Crippen LogP contribution in [0, 0.1) is 0 Å². The Labute approximate surface area is 137 Å². The van der Waals surface area contributed by atoms with E-state index >= 15 is 0 Å². The number of nitrogens with one attached hydrogen (secondary N) is 2. The molecule has 0 aliphatic heterocycles. The van der Waals surface area contributed by atoms with E-state index in [9.17, 15) is 0 Å². The minimum Gasteiger partial charge on any atom is -0.362 e. The lowest BCUT2D eigenvalue weighted by molar-refractivity contribution is 0.551. The molecule has 0 aromatic heterocycles.